The third-order valence-electron chi connectivity index (χ3n) is 3.01. The first kappa shape index (κ1) is 17.0. The van der Waals surface area contributed by atoms with Crippen molar-refractivity contribution in [3.8, 4) is 0 Å². The van der Waals surface area contributed by atoms with E-state index >= 15 is 0 Å². The van der Waals surface area contributed by atoms with Crippen LogP contribution in [0.1, 0.15) is 44.3 Å². The SMILES string of the molecule is CCCCC(=O)Nc1cccc(C(O)CCNC(=O)O)c1. The molecule has 2 amide bonds. The number of nitrogens with one attached hydrogen (secondary N) is 2. The van der Waals surface area contributed by atoms with Crippen LogP contribution in [0.2, 0.25) is 0 Å². The number of hydrogen-bond donors (Lipinski definition) is 4. The molecule has 1 aromatic carbocycles. The van der Waals surface area contributed by atoms with Crippen LogP contribution in [0.15, 0.2) is 24.3 Å². The largest absolute Gasteiger partial charge is 0.465 e. The molecular weight excluding hydrogens is 272 g/mol. The molecule has 0 aliphatic carbocycles. The number of aliphatic hydroxyl groups is 1. The van der Waals surface area contributed by atoms with Crippen LogP contribution in [-0.4, -0.2) is 28.8 Å². The van der Waals surface area contributed by atoms with Crippen molar-refractivity contribution in [3.63, 3.8) is 0 Å². The summed E-state index contributed by atoms with van der Waals surface area (Å²) in [7, 11) is 0. The maximum Gasteiger partial charge on any atom is 0.404 e. The molecule has 0 radical (unpaired) electrons. The molecule has 0 saturated heterocycles. The van der Waals surface area contributed by atoms with Crippen LogP contribution >= 0.6 is 0 Å². The molecule has 0 aliphatic rings. The Kier molecular flexibility index (Phi) is 7.25. The van der Waals surface area contributed by atoms with Gasteiger partial charge in [-0.25, -0.2) is 4.79 Å². The normalized spacial score (nSPS) is 11.7. The van der Waals surface area contributed by atoms with Gasteiger partial charge in [-0.05, 0) is 30.5 Å². The first-order valence-corrected chi connectivity index (χ1v) is 7.07. The Hall–Kier alpha value is -2.08. The highest BCUT2D eigenvalue weighted by atomic mass is 16.4. The molecule has 21 heavy (non-hydrogen) atoms. The number of hydrogen-bond acceptors (Lipinski definition) is 3. The molecule has 1 rings (SSSR count). The summed E-state index contributed by atoms with van der Waals surface area (Å²) in [6.45, 7) is 2.19. The van der Waals surface area contributed by atoms with E-state index in [0.717, 1.165) is 12.8 Å². The molecule has 6 nitrogen and oxygen atoms in total. The maximum atomic E-state index is 11.7. The lowest BCUT2D eigenvalue weighted by Gasteiger charge is -2.13. The number of unbranched alkanes of at least 4 members (excludes halogenated alkanes) is 1. The number of anilines is 1. The van der Waals surface area contributed by atoms with E-state index in [-0.39, 0.29) is 18.9 Å². The molecular formula is C15H22N2O4. The first-order chi connectivity index (χ1) is 10.0. The van der Waals surface area contributed by atoms with Crippen LogP contribution in [0.4, 0.5) is 10.5 Å². The molecule has 116 valence electrons. The number of carboxylic acid groups (broad SMARTS) is 1. The Bertz CT molecular complexity index is 476. The number of aliphatic hydroxyl groups excluding tert-OH is 1. The molecule has 1 atom stereocenters. The van der Waals surface area contributed by atoms with E-state index in [1.807, 2.05) is 6.92 Å². The fraction of sp³-hybridized carbons (Fsp3) is 0.467. The monoisotopic (exact) mass is 294 g/mol. The van der Waals surface area contributed by atoms with Crippen LogP contribution < -0.4 is 10.6 Å². The number of carbonyl (C=O) groups is 2. The van der Waals surface area contributed by atoms with Gasteiger partial charge in [0.15, 0.2) is 0 Å². The summed E-state index contributed by atoms with van der Waals surface area (Å²) in [6, 6.07) is 6.95. The molecule has 0 bridgehead atoms. The Labute approximate surface area is 124 Å². The van der Waals surface area contributed by atoms with Gasteiger partial charge in [-0.15, -0.1) is 0 Å². The minimum atomic E-state index is -1.11. The average Bonchev–Trinajstić information content (AvgIpc) is 2.45. The second kappa shape index (κ2) is 8.97. The van der Waals surface area contributed by atoms with Gasteiger partial charge in [0.05, 0.1) is 6.10 Å². The van der Waals surface area contributed by atoms with Crippen molar-refractivity contribution in [2.75, 3.05) is 11.9 Å². The van der Waals surface area contributed by atoms with Gasteiger partial charge in [-0.2, -0.15) is 0 Å². The smallest absolute Gasteiger partial charge is 0.404 e. The van der Waals surface area contributed by atoms with Crippen molar-refractivity contribution in [1.29, 1.82) is 0 Å². The summed E-state index contributed by atoms with van der Waals surface area (Å²) in [5, 5.41) is 23.4. The molecule has 1 unspecified atom stereocenters. The topological polar surface area (TPSA) is 98.7 Å². The van der Waals surface area contributed by atoms with Crippen molar-refractivity contribution in [2.45, 2.75) is 38.7 Å². The third-order valence-corrected chi connectivity index (χ3v) is 3.01. The summed E-state index contributed by atoms with van der Waals surface area (Å²) in [5.41, 5.74) is 1.29. The van der Waals surface area contributed by atoms with Gasteiger partial charge in [-0.1, -0.05) is 25.5 Å². The fourth-order valence-corrected chi connectivity index (χ4v) is 1.87. The van der Waals surface area contributed by atoms with Crippen molar-refractivity contribution in [2.24, 2.45) is 0 Å². The zero-order chi connectivity index (χ0) is 15.7. The average molecular weight is 294 g/mol. The van der Waals surface area contributed by atoms with E-state index in [9.17, 15) is 14.7 Å². The minimum Gasteiger partial charge on any atom is -0.465 e. The summed E-state index contributed by atoms with van der Waals surface area (Å²) < 4.78 is 0. The van der Waals surface area contributed by atoms with Gasteiger partial charge < -0.3 is 20.8 Å². The van der Waals surface area contributed by atoms with Gasteiger partial charge in [0.25, 0.3) is 0 Å². The maximum absolute atomic E-state index is 11.7. The second-order valence-corrected chi connectivity index (χ2v) is 4.81. The lowest BCUT2D eigenvalue weighted by Crippen LogP contribution is -2.23. The van der Waals surface area contributed by atoms with E-state index in [1.165, 1.54) is 0 Å². The summed E-state index contributed by atoms with van der Waals surface area (Å²) in [5.74, 6) is -0.0453. The van der Waals surface area contributed by atoms with E-state index < -0.39 is 12.2 Å². The van der Waals surface area contributed by atoms with Gasteiger partial charge in [0, 0.05) is 18.7 Å². The lowest BCUT2D eigenvalue weighted by atomic mass is 10.1. The zero-order valence-electron chi connectivity index (χ0n) is 12.1. The third kappa shape index (κ3) is 6.76. The molecule has 0 aliphatic heterocycles. The number of benzene rings is 1. The van der Waals surface area contributed by atoms with Crippen molar-refractivity contribution >= 4 is 17.7 Å². The molecule has 6 heteroatoms. The number of rotatable bonds is 8. The highest BCUT2D eigenvalue weighted by molar-refractivity contribution is 5.90. The van der Waals surface area contributed by atoms with Crippen molar-refractivity contribution < 1.29 is 19.8 Å². The van der Waals surface area contributed by atoms with E-state index in [1.54, 1.807) is 24.3 Å². The van der Waals surface area contributed by atoms with Gasteiger partial charge in [-0.3, -0.25) is 4.79 Å². The second-order valence-electron chi connectivity index (χ2n) is 4.81. The van der Waals surface area contributed by atoms with Crippen LogP contribution in [0, 0.1) is 0 Å². The minimum absolute atomic E-state index is 0.0453. The highest BCUT2D eigenvalue weighted by Gasteiger charge is 2.09. The Balaban J connectivity index is 2.54. The van der Waals surface area contributed by atoms with E-state index in [4.69, 9.17) is 5.11 Å². The first-order valence-electron chi connectivity index (χ1n) is 7.07. The molecule has 4 N–H and O–H groups in total. The predicted molar refractivity (Wildman–Crippen MR) is 80.2 cm³/mol. The van der Waals surface area contributed by atoms with Crippen molar-refractivity contribution in [3.05, 3.63) is 29.8 Å². The highest BCUT2D eigenvalue weighted by Crippen LogP contribution is 2.20. The Morgan fingerprint density at radius 2 is 2.10 bits per heavy atom. The molecule has 0 aromatic heterocycles. The Morgan fingerprint density at radius 3 is 2.76 bits per heavy atom. The van der Waals surface area contributed by atoms with Crippen LogP contribution in [0.25, 0.3) is 0 Å². The number of amides is 2. The summed E-state index contributed by atoms with van der Waals surface area (Å²) >= 11 is 0. The van der Waals surface area contributed by atoms with Crippen LogP contribution in [0.5, 0.6) is 0 Å². The molecule has 1 aromatic rings. The fourth-order valence-electron chi connectivity index (χ4n) is 1.87. The van der Waals surface area contributed by atoms with E-state index in [0.29, 0.717) is 17.7 Å². The Morgan fingerprint density at radius 1 is 1.33 bits per heavy atom. The van der Waals surface area contributed by atoms with Gasteiger partial charge in [0.2, 0.25) is 5.91 Å². The van der Waals surface area contributed by atoms with E-state index in [2.05, 4.69) is 10.6 Å². The quantitative estimate of drug-likeness (QED) is 0.592. The zero-order valence-corrected chi connectivity index (χ0v) is 12.1. The lowest BCUT2D eigenvalue weighted by molar-refractivity contribution is -0.116. The molecule has 0 spiro atoms. The molecule has 0 fully saturated rings. The van der Waals surface area contributed by atoms with Gasteiger partial charge >= 0.3 is 6.09 Å². The van der Waals surface area contributed by atoms with Crippen LogP contribution in [-0.2, 0) is 4.79 Å². The van der Waals surface area contributed by atoms with Crippen molar-refractivity contribution in [1.82, 2.24) is 5.32 Å². The van der Waals surface area contributed by atoms with Crippen LogP contribution in [0.3, 0.4) is 0 Å². The summed E-state index contributed by atoms with van der Waals surface area (Å²) in [4.78, 5) is 22.0. The number of carbonyl (C=O) groups excluding carboxylic acids is 1. The summed E-state index contributed by atoms with van der Waals surface area (Å²) in [6.07, 6.45) is 0.673. The predicted octanol–water partition coefficient (Wildman–Crippen LogP) is 2.51. The standard InChI is InChI=1S/C15H22N2O4/c1-2-3-7-14(19)17-12-6-4-5-11(10-12)13(18)8-9-16-15(20)21/h4-6,10,13,16,18H,2-3,7-9H2,1H3,(H,17,19)(H,20,21). The molecule has 0 heterocycles. The molecule has 0 saturated carbocycles. The van der Waals surface area contributed by atoms with Gasteiger partial charge in [0.1, 0.15) is 0 Å².